The Balaban J connectivity index is 1.60. The average Bonchev–Trinajstić information content (AvgIpc) is 3.22. The van der Waals surface area contributed by atoms with Crippen LogP contribution >= 0.6 is 11.9 Å². The predicted octanol–water partition coefficient (Wildman–Crippen LogP) is 5.04. The van der Waals surface area contributed by atoms with E-state index in [1.807, 2.05) is 24.2 Å². The van der Waals surface area contributed by atoms with Crippen molar-refractivity contribution >= 4 is 11.9 Å². The third-order valence-electron chi connectivity index (χ3n) is 5.23. The molecule has 6 heteroatoms. The number of rotatable bonds is 10. The van der Waals surface area contributed by atoms with Crippen molar-refractivity contribution in [3.05, 3.63) is 54.1 Å². The van der Waals surface area contributed by atoms with Gasteiger partial charge in [0.2, 0.25) is 0 Å². The van der Waals surface area contributed by atoms with Gasteiger partial charge in [-0.15, -0.1) is 0 Å². The second kappa shape index (κ2) is 10.8. The van der Waals surface area contributed by atoms with Crippen LogP contribution in [0.25, 0.3) is 0 Å². The summed E-state index contributed by atoms with van der Waals surface area (Å²) in [6.07, 6.45) is 9.83. The van der Waals surface area contributed by atoms with Crippen LogP contribution in [0.4, 0.5) is 0 Å². The molecule has 1 aliphatic heterocycles. The van der Waals surface area contributed by atoms with Crippen LogP contribution in [0.5, 0.6) is 5.75 Å². The fraction of sp³-hybridized carbons (Fsp3) is 0.545. The van der Waals surface area contributed by atoms with Crippen LogP contribution in [-0.4, -0.2) is 40.1 Å². The number of ether oxygens (including phenoxy) is 2. The summed E-state index contributed by atoms with van der Waals surface area (Å²) in [6, 6.07) is 8.80. The van der Waals surface area contributed by atoms with E-state index < -0.39 is 0 Å². The van der Waals surface area contributed by atoms with Gasteiger partial charge in [0.25, 0.3) is 0 Å². The molecule has 1 aromatic heterocycles. The highest BCUT2D eigenvalue weighted by atomic mass is 32.2. The summed E-state index contributed by atoms with van der Waals surface area (Å²) < 4.78 is 14.3. The van der Waals surface area contributed by atoms with Crippen molar-refractivity contribution in [2.45, 2.75) is 63.5 Å². The average molecular weight is 402 g/mol. The van der Waals surface area contributed by atoms with Gasteiger partial charge in [0.15, 0.2) is 0 Å². The highest BCUT2D eigenvalue weighted by Gasteiger charge is 2.27. The first kappa shape index (κ1) is 21.1. The zero-order valence-corrected chi connectivity index (χ0v) is 17.9. The first-order chi connectivity index (χ1) is 13.7. The Labute approximate surface area is 173 Å². The van der Waals surface area contributed by atoms with E-state index in [1.165, 1.54) is 12.0 Å². The molecule has 0 N–H and O–H groups in total. The third-order valence-corrected chi connectivity index (χ3v) is 6.46. The van der Waals surface area contributed by atoms with Gasteiger partial charge in [-0.3, -0.25) is 9.97 Å². The number of methoxy groups -OCH3 is 1. The smallest absolute Gasteiger partial charge is 0.124 e. The van der Waals surface area contributed by atoms with Crippen molar-refractivity contribution in [2.75, 3.05) is 13.7 Å². The second-order valence-electron chi connectivity index (χ2n) is 7.10. The molecule has 0 amide bonds. The first-order valence-corrected chi connectivity index (χ1v) is 11.1. The van der Waals surface area contributed by atoms with E-state index in [2.05, 4.69) is 46.3 Å². The SMILES string of the molecule is CCC(OC)C(CC)Oc1cccc(CSN2CCCC2c2cnccn2)c1. The minimum absolute atomic E-state index is 0.0810. The van der Waals surface area contributed by atoms with Gasteiger partial charge >= 0.3 is 0 Å². The topological polar surface area (TPSA) is 47.5 Å². The van der Waals surface area contributed by atoms with Crippen LogP contribution in [0.15, 0.2) is 42.9 Å². The molecule has 152 valence electrons. The lowest BCUT2D eigenvalue weighted by Gasteiger charge is -2.25. The van der Waals surface area contributed by atoms with Gasteiger partial charge < -0.3 is 9.47 Å². The van der Waals surface area contributed by atoms with Crippen LogP contribution in [0.2, 0.25) is 0 Å². The van der Waals surface area contributed by atoms with Gasteiger partial charge in [-0.1, -0.05) is 37.9 Å². The molecule has 3 unspecified atom stereocenters. The molecule has 5 nitrogen and oxygen atoms in total. The fourth-order valence-electron chi connectivity index (χ4n) is 3.72. The van der Waals surface area contributed by atoms with Gasteiger partial charge in [0.1, 0.15) is 11.9 Å². The number of nitrogens with zero attached hydrogens (tertiary/aromatic N) is 3. The summed E-state index contributed by atoms with van der Waals surface area (Å²) in [4.78, 5) is 8.74. The Hall–Kier alpha value is -1.63. The Bertz CT molecular complexity index is 712. The lowest BCUT2D eigenvalue weighted by molar-refractivity contribution is -0.00154. The second-order valence-corrected chi connectivity index (χ2v) is 8.11. The third kappa shape index (κ3) is 5.46. The Kier molecular flexibility index (Phi) is 8.13. The van der Waals surface area contributed by atoms with Gasteiger partial charge in [0.05, 0.1) is 24.0 Å². The number of aromatic nitrogens is 2. The van der Waals surface area contributed by atoms with Crippen LogP contribution in [0.1, 0.15) is 56.8 Å². The quantitative estimate of drug-likeness (QED) is 0.520. The van der Waals surface area contributed by atoms with Crippen LogP contribution < -0.4 is 4.74 Å². The van der Waals surface area contributed by atoms with Crippen molar-refractivity contribution in [3.8, 4) is 5.75 Å². The summed E-state index contributed by atoms with van der Waals surface area (Å²) in [7, 11) is 1.76. The van der Waals surface area contributed by atoms with Crippen molar-refractivity contribution in [1.29, 1.82) is 0 Å². The first-order valence-electron chi connectivity index (χ1n) is 10.2. The molecule has 2 heterocycles. The molecular formula is C22H31N3O2S. The zero-order chi connectivity index (χ0) is 19.8. The predicted molar refractivity (Wildman–Crippen MR) is 114 cm³/mol. The van der Waals surface area contributed by atoms with E-state index in [9.17, 15) is 0 Å². The van der Waals surface area contributed by atoms with Crippen LogP contribution in [-0.2, 0) is 10.5 Å². The fourth-order valence-corrected chi connectivity index (χ4v) is 4.86. The molecule has 2 aromatic rings. The van der Waals surface area contributed by atoms with Crippen molar-refractivity contribution in [2.24, 2.45) is 0 Å². The van der Waals surface area contributed by atoms with E-state index in [4.69, 9.17) is 9.47 Å². The molecule has 0 bridgehead atoms. The molecule has 1 fully saturated rings. The van der Waals surface area contributed by atoms with E-state index in [0.29, 0.717) is 6.04 Å². The zero-order valence-electron chi connectivity index (χ0n) is 17.1. The molecule has 1 aliphatic rings. The van der Waals surface area contributed by atoms with E-state index in [-0.39, 0.29) is 12.2 Å². The van der Waals surface area contributed by atoms with Crippen molar-refractivity contribution in [1.82, 2.24) is 14.3 Å². The van der Waals surface area contributed by atoms with Crippen molar-refractivity contribution < 1.29 is 9.47 Å². The van der Waals surface area contributed by atoms with E-state index >= 15 is 0 Å². The highest BCUT2D eigenvalue weighted by Crippen LogP contribution is 2.37. The Morgan fingerprint density at radius 2 is 2.07 bits per heavy atom. The van der Waals surface area contributed by atoms with Crippen LogP contribution in [0.3, 0.4) is 0 Å². The van der Waals surface area contributed by atoms with E-state index in [0.717, 1.165) is 43.0 Å². The minimum Gasteiger partial charge on any atom is -0.488 e. The molecular weight excluding hydrogens is 370 g/mol. The molecule has 1 aromatic carbocycles. The Morgan fingerprint density at radius 3 is 2.79 bits per heavy atom. The summed E-state index contributed by atoms with van der Waals surface area (Å²) in [5.41, 5.74) is 2.34. The normalized spacial score (nSPS) is 19.5. The van der Waals surface area contributed by atoms with E-state index in [1.54, 1.807) is 19.5 Å². The monoisotopic (exact) mass is 401 g/mol. The molecule has 0 aliphatic carbocycles. The summed E-state index contributed by atoms with van der Waals surface area (Å²) >= 11 is 1.87. The molecule has 0 radical (unpaired) electrons. The maximum Gasteiger partial charge on any atom is 0.124 e. The number of benzene rings is 1. The Morgan fingerprint density at radius 1 is 1.21 bits per heavy atom. The van der Waals surface area contributed by atoms with Gasteiger partial charge in [-0.2, -0.15) is 0 Å². The van der Waals surface area contributed by atoms with Crippen molar-refractivity contribution in [3.63, 3.8) is 0 Å². The van der Waals surface area contributed by atoms with Crippen LogP contribution in [0, 0.1) is 0 Å². The molecule has 3 rings (SSSR count). The molecule has 3 atom stereocenters. The largest absolute Gasteiger partial charge is 0.488 e. The maximum atomic E-state index is 6.24. The lowest BCUT2D eigenvalue weighted by Crippen LogP contribution is -2.32. The number of hydrogen-bond acceptors (Lipinski definition) is 6. The summed E-state index contributed by atoms with van der Waals surface area (Å²) in [6.45, 7) is 5.37. The van der Waals surface area contributed by atoms with Gasteiger partial charge in [-0.05, 0) is 43.4 Å². The molecule has 28 heavy (non-hydrogen) atoms. The standard InChI is InChI=1S/C22H31N3O2S/c1-4-21(26-3)22(5-2)27-18-9-6-8-17(14-18)16-28-25-13-7-10-20(25)19-15-23-11-12-24-19/h6,8-9,11-12,14-15,20-22H,4-5,7,10,13,16H2,1-3H3. The molecule has 1 saturated heterocycles. The van der Waals surface area contributed by atoms with Gasteiger partial charge in [0, 0.05) is 31.8 Å². The lowest BCUT2D eigenvalue weighted by atomic mass is 10.1. The summed E-state index contributed by atoms with van der Waals surface area (Å²) in [5, 5.41) is 0. The summed E-state index contributed by atoms with van der Waals surface area (Å²) in [5.74, 6) is 1.85. The molecule has 0 saturated carbocycles. The highest BCUT2D eigenvalue weighted by molar-refractivity contribution is 7.96. The molecule has 0 spiro atoms. The minimum atomic E-state index is 0.0810. The maximum absolute atomic E-state index is 6.24. The number of hydrogen-bond donors (Lipinski definition) is 0. The van der Waals surface area contributed by atoms with Gasteiger partial charge in [-0.25, -0.2) is 4.31 Å².